The molecule has 0 aliphatic heterocycles. The van der Waals surface area contributed by atoms with Crippen molar-refractivity contribution in [2.75, 3.05) is 13.7 Å². The molecule has 0 fully saturated rings. The van der Waals surface area contributed by atoms with Crippen LogP contribution in [0.25, 0.3) is 10.8 Å². The number of hydrogen-bond acceptors (Lipinski definition) is 5. The first kappa shape index (κ1) is 16.4. The molecule has 1 amide bonds. The molecule has 0 radical (unpaired) electrons. The van der Waals surface area contributed by atoms with Gasteiger partial charge in [0.05, 0.1) is 6.10 Å². The van der Waals surface area contributed by atoms with Gasteiger partial charge in [0.15, 0.2) is 10.8 Å². The lowest BCUT2D eigenvalue weighted by atomic mass is 10.1. The summed E-state index contributed by atoms with van der Waals surface area (Å²) in [6.07, 6.45) is -0.194. The summed E-state index contributed by atoms with van der Waals surface area (Å²) in [5.41, 5.74) is 1.40. The topological polar surface area (TPSA) is 64.4 Å². The van der Waals surface area contributed by atoms with Crippen LogP contribution in [0.2, 0.25) is 0 Å². The third-order valence-electron chi connectivity index (χ3n) is 3.59. The fourth-order valence-corrected chi connectivity index (χ4v) is 3.08. The average Bonchev–Trinajstić information content (AvgIpc) is 3.25. The van der Waals surface area contributed by atoms with Gasteiger partial charge in [0.2, 0.25) is 0 Å². The normalized spacial score (nSPS) is 12.1. The van der Waals surface area contributed by atoms with Crippen molar-refractivity contribution >= 4 is 17.2 Å². The van der Waals surface area contributed by atoms with Crippen molar-refractivity contribution in [1.29, 1.82) is 0 Å². The molecule has 24 heavy (non-hydrogen) atoms. The number of aromatic nitrogens is 1. The molecule has 1 aromatic carbocycles. The largest absolute Gasteiger partial charge is 0.459 e. The van der Waals surface area contributed by atoms with Crippen LogP contribution in [-0.2, 0) is 4.74 Å². The number of nitrogens with one attached hydrogen (secondary N) is 1. The van der Waals surface area contributed by atoms with Gasteiger partial charge in [0, 0.05) is 19.0 Å². The van der Waals surface area contributed by atoms with E-state index in [1.54, 1.807) is 12.5 Å². The summed E-state index contributed by atoms with van der Waals surface area (Å²) in [5, 5.41) is 5.29. The minimum Gasteiger partial charge on any atom is -0.459 e. The van der Waals surface area contributed by atoms with Crippen LogP contribution in [0.1, 0.15) is 27.9 Å². The fourth-order valence-electron chi connectivity index (χ4n) is 2.32. The summed E-state index contributed by atoms with van der Waals surface area (Å²) < 4.78 is 11.0. The molecule has 6 heteroatoms. The van der Waals surface area contributed by atoms with Crippen molar-refractivity contribution in [3.8, 4) is 10.8 Å². The Morgan fingerprint density at radius 2 is 2.08 bits per heavy atom. The van der Waals surface area contributed by atoms with Crippen molar-refractivity contribution in [3.63, 3.8) is 0 Å². The van der Waals surface area contributed by atoms with Crippen LogP contribution in [-0.4, -0.2) is 24.5 Å². The molecule has 1 atom stereocenters. The van der Waals surface area contributed by atoms with E-state index in [-0.39, 0.29) is 12.0 Å². The first-order valence-corrected chi connectivity index (χ1v) is 8.43. The summed E-state index contributed by atoms with van der Waals surface area (Å²) in [6.45, 7) is 2.26. The second kappa shape index (κ2) is 7.42. The number of carbonyl (C=O) groups is 1. The molecule has 2 aromatic heterocycles. The van der Waals surface area contributed by atoms with Gasteiger partial charge < -0.3 is 14.5 Å². The number of methoxy groups -OCH3 is 1. The maximum Gasteiger partial charge on any atom is 0.270 e. The van der Waals surface area contributed by atoms with Crippen LogP contribution in [0.5, 0.6) is 0 Å². The number of rotatable bonds is 6. The highest BCUT2D eigenvalue weighted by atomic mass is 32.1. The van der Waals surface area contributed by atoms with E-state index in [1.807, 2.05) is 49.4 Å². The first-order valence-electron chi connectivity index (χ1n) is 7.55. The van der Waals surface area contributed by atoms with Gasteiger partial charge >= 0.3 is 0 Å². The van der Waals surface area contributed by atoms with E-state index in [1.165, 1.54) is 11.3 Å². The van der Waals surface area contributed by atoms with Crippen LogP contribution in [0.15, 0.2) is 52.3 Å². The Kier molecular flexibility index (Phi) is 5.08. The van der Waals surface area contributed by atoms with Gasteiger partial charge in [-0.2, -0.15) is 0 Å². The van der Waals surface area contributed by atoms with Gasteiger partial charge in [-0.25, -0.2) is 4.98 Å². The Morgan fingerprint density at radius 3 is 2.75 bits per heavy atom. The van der Waals surface area contributed by atoms with Crippen molar-refractivity contribution < 1.29 is 13.9 Å². The lowest BCUT2D eigenvalue weighted by Crippen LogP contribution is -2.29. The maximum absolute atomic E-state index is 12.3. The number of amides is 1. The van der Waals surface area contributed by atoms with Crippen molar-refractivity contribution in [3.05, 3.63) is 64.9 Å². The molecule has 0 bridgehead atoms. The third-order valence-corrected chi connectivity index (χ3v) is 4.45. The SMILES string of the molecule is COC(CNC(=O)c1csc(-c2ccc(C)o2)n1)c1ccccc1. The molecule has 3 rings (SSSR count). The third kappa shape index (κ3) is 3.72. The van der Waals surface area contributed by atoms with Crippen LogP contribution in [0.3, 0.4) is 0 Å². The quantitative estimate of drug-likeness (QED) is 0.739. The summed E-state index contributed by atoms with van der Waals surface area (Å²) in [5.74, 6) is 1.27. The molecule has 0 aliphatic rings. The zero-order chi connectivity index (χ0) is 16.9. The second-order valence-corrected chi connectivity index (χ2v) is 6.15. The molecule has 5 nitrogen and oxygen atoms in total. The molecule has 0 saturated carbocycles. The number of nitrogens with zero attached hydrogens (tertiary/aromatic N) is 1. The number of hydrogen-bond donors (Lipinski definition) is 1. The van der Waals surface area contributed by atoms with Crippen molar-refractivity contribution in [2.24, 2.45) is 0 Å². The monoisotopic (exact) mass is 342 g/mol. The Morgan fingerprint density at radius 1 is 1.29 bits per heavy atom. The molecule has 1 unspecified atom stereocenters. The number of benzene rings is 1. The van der Waals surface area contributed by atoms with Gasteiger partial charge in [0.1, 0.15) is 11.5 Å². The van der Waals surface area contributed by atoms with Gasteiger partial charge in [-0.3, -0.25) is 4.79 Å². The number of aryl methyl sites for hydroxylation is 1. The molecular weight excluding hydrogens is 324 g/mol. The number of ether oxygens (including phenoxy) is 1. The van der Waals surface area contributed by atoms with E-state index in [0.717, 1.165) is 11.3 Å². The molecule has 0 spiro atoms. The smallest absolute Gasteiger partial charge is 0.270 e. The molecular formula is C18H18N2O3S. The summed E-state index contributed by atoms with van der Waals surface area (Å²) in [6, 6.07) is 13.5. The Balaban J connectivity index is 1.64. The highest BCUT2D eigenvalue weighted by molar-refractivity contribution is 7.13. The highest BCUT2D eigenvalue weighted by Gasteiger charge is 2.16. The van der Waals surface area contributed by atoms with Crippen LogP contribution >= 0.6 is 11.3 Å². The number of thiazole rings is 1. The average molecular weight is 342 g/mol. The summed E-state index contributed by atoms with van der Waals surface area (Å²) in [7, 11) is 1.63. The zero-order valence-corrected chi connectivity index (χ0v) is 14.3. The van der Waals surface area contributed by atoms with Crippen molar-refractivity contribution in [1.82, 2.24) is 10.3 Å². The number of carbonyl (C=O) groups excluding carboxylic acids is 1. The fraction of sp³-hybridized carbons (Fsp3) is 0.222. The van der Waals surface area contributed by atoms with E-state index < -0.39 is 0 Å². The standard InChI is InChI=1S/C18H18N2O3S/c1-12-8-9-15(23-12)18-20-14(11-24-18)17(21)19-10-16(22-2)13-6-4-3-5-7-13/h3-9,11,16H,10H2,1-2H3,(H,19,21). The molecule has 2 heterocycles. The lowest BCUT2D eigenvalue weighted by Gasteiger charge is -2.16. The van der Waals surface area contributed by atoms with E-state index >= 15 is 0 Å². The highest BCUT2D eigenvalue weighted by Crippen LogP contribution is 2.25. The van der Waals surface area contributed by atoms with E-state index in [9.17, 15) is 4.79 Å². The lowest BCUT2D eigenvalue weighted by molar-refractivity contribution is 0.0825. The molecule has 0 saturated heterocycles. The minimum absolute atomic E-state index is 0.194. The molecule has 124 valence electrons. The predicted molar refractivity (Wildman–Crippen MR) is 93.1 cm³/mol. The van der Waals surface area contributed by atoms with E-state index in [4.69, 9.17) is 9.15 Å². The Labute approximate surface area is 144 Å². The van der Waals surface area contributed by atoms with Gasteiger partial charge in [-0.1, -0.05) is 30.3 Å². The van der Waals surface area contributed by atoms with Crippen molar-refractivity contribution in [2.45, 2.75) is 13.0 Å². The van der Waals surface area contributed by atoms with Crippen LogP contribution in [0, 0.1) is 6.92 Å². The van der Waals surface area contributed by atoms with Crippen LogP contribution in [0.4, 0.5) is 0 Å². The minimum atomic E-state index is -0.223. The second-order valence-electron chi connectivity index (χ2n) is 5.29. The first-order chi connectivity index (χ1) is 11.7. The summed E-state index contributed by atoms with van der Waals surface area (Å²) >= 11 is 1.38. The molecule has 3 aromatic rings. The van der Waals surface area contributed by atoms with Gasteiger partial charge in [-0.05, 0) is 24.6 Å². The molecule has 1 N–H and O–H groups in total. The van der Waals surface area contributed by atoms with Crippen LogP contribution < -0.4 is 5.32 Å². The number of furan rings is 1. The van der Waals surface area contributed by atoms with Gasteiger partial charge in [-0.15, -0.1) is 11.3 Å². The Hall–Kier alpha value is -2.44. The zero-order valence-electron chi connectivity index (χ0n) is 13.5. The maximum atomic E-state index is 12.3. The van der Waals surface area contributed by atoms with E-state index in [2.05, 4.69) is 10.3 Å². The Bertz CT molecular complexity index is 811. The molecule has 0 aliphatic carbocycles. The summed E-state index contributed by atoms with van der Waals surface area (Å²) in [4.78, 5) is 16.6. The predicted octanol–water partition coefficient (Wildman–Crippen LogP) is 3.83. The van der Waals surface area contributed by atoms with Gasteiger partial charge in [0.25, 0.3) is 5.91 Å². The van der Waals surface area contributed by atoms with E-state index in [0.29, 0.717) is 23.0 Å².